The molecule has 0 spiro atoms. The van der Waals surface area contributed by atoms with E-state index in [1.165, 1.54) is 0 Å². The lowest BCUT2D eigenvalue weighted by Gasteiger charge is -2.18. The summed E-state index contributed by atoms with van der Waals surface area (Å²) in [6.07, 6.45) is 1.73. The molecule has 0 saturated carbocycles. The van der Waals surface area contributed by atoms with Gasteiger partial charge in [-0.3, -0.25) is 5.17 Å². The summed E-state index contributed by atoms with van der Waals surface area (Å²) in [7, 11) is 0. The average molecular weight is 256 g/mol. The lowest BCUT2D eigenvalue weighted by atomic mass is 10.1. The van der Waals surface area contributed by atoms with E-state index in [-0.39, 0.29) is 0 Å². The molecule has 0 aliphatic carbocycles. The number of benzene rings is 2. The van der Waals surface area contributed by atoms with Crippen molar-refractivity contribution < 1.29 is 5.17 Å². The first-order valence-corrected chi connectivity index (χ1v) is 5.79. The van der Waals surface area contributed by atoms with Gasteiger partial charge in [-0.1, -0.05) is 12.1 Å². The Balaban J connectivity index is 2.40. The van der Waals surface area contributed by atoms with Gasteiger partial charge in [0.2, 0.25) is 0 Å². The van der Waals surface area contributed by atoms with Crippen LogP contribution in [0.5, 0.6) is 0 Å². The van der Waals surface area contributed by atoms with Gasteiger partial charge < -0.3 is 16.7 Å². The van der Waals surface area contributed by atoms with Crippen molar-refractivity contribution in [3.8, 4) is 0 Å². The van der Waals surface area contributed by atoms with Gasteiger partial charge in [-0.15, -0.1) is 0 Å². The smallest absolute Gasteiger partial charge is 0.158 e. The number of anilines is 2. The summed E-state index contributed by atoms with van der Waals surface area (Å²) in [5.41, 5.74) is 14.6. The SMILES string of the molecule is Nc1ccc(/C=C(/c2ccc(N)cc2)[NH+](N)[O-])cc1. The Hall–Kier alpha value is -2.34. The second-order valence-corrected chi connectivity index (χ2v) is 4.21. The zero-order valence-electron chi connectivity index (χ0n) is 10.3. The fourth-order valence-corrected chi connectivity index (χ4v) is 1.72. The van der Waals surface area contributed by atoms with Crippen LogP contribution in [0.15, 0.2) is 48.5 Å². The molecule has 0 aromatic heterocycles. The summed E-state index contributed by atoms with van der Waals surface area (Å²) in [5, 5.41) is 11.1. The predicted molar refractivity (Wildman–Crippen MR) is 78.1 cm³/mol. The molecule has 0 heterocycles. The van der Waals surface area contributed by atoms with Crippen LogP contribution in [-0.4, -0.2) is 0 Å². The van der Waals surface area contributed by atoms with Gasteiger partial charge in [0.1, 0.15) is 0 Å². The number of nitrogens with one attached hydrogen (secondary N) is 1. The number of rotatable bonds is 3. The number of hydrogen-bond acceptors (Lipinski definition) is 4. The van der Waals surface area contributed by atoms with Crippen LogP contribution in [0.2, 0.25) is 0 Å². The Labute approximate surface area is 111 Å². The van der Waals surface area contributed by atoms with E-state index in [9.17, 15) is 5.21 Å². The lowest BCUT2D eigenvalue weighted by Crippen LogP contribution is -3.10. The Morgan fingerprint density at radius 3 is 1.84 bits per heavy atom. The highest BCUT2D eigenvalue weighted by molar-refractivity contribution is 5.77. The predicted octanol–water partition coefficient (Wildman–Crippen LogP) is 0.606. The third kappa shape index (κ3) is 3.32. The maximum Gasteiger partial charge on any atom is 0.158 e. The molecular weight excluding hydrogens is 240 g/mol. The van der Waals surface area contributed by atoms with Crippen LogP contribution in [0.1, 0.15) is 11.1 Å². The number of nitrogen functional groups attached to an aromatic ring is 2. The topological polar surface area (TPSA) is 106 Å². The summed E-state index contributed by atoms with van der Waals surface area (Å²) >= 11 is 0. The highest BCUT2D eigenvalue weighted by atomic mass is 16.5. The molecule has 2 aromatic carbocycles. The summed E-state index contributed by atoms with van der Waals surface area (Å²) in [6.45, 7) is 0. The van der Waals surface area contributed by atoms with E-state index in [1.54, 1.807) is 42.5 Å². The van der Waals surface area contributed by atoms with Crippen LogP contribution in [0, 0.1) is 5.21 Å². The van der Waals surface area contributed by atoms with Crippen molar-refractivity contribution in [3.05, 3.63) is 64.9 Å². The van der Waals surface area contributed by atoms with Gasteiger partial charge in [0.15, 0.2) is 5.70 Å². The molecule has 1 unspecified atom stereocenters. The summed E-state index contributed by atoms with van der Waals surface area (Å²) in [4.78, 5) is 0. The van der Waals surface area contributed by atoms with E-state index in [1.807, 2.05) is 12.1 Å². The van der Waals surface area contributed by atoms with Crippen LogP contribution in [0.3, 0.4) is 0 Å². The van der Waals surface area contributed by atoms with Gasteiger partial charge in [-0.2, -0.15) is 5.84 Å². The maximum atomic E-state index is 11.6. The molecule has 0 radical (unpaired) electrons. The quantitative estimate of drug-likeness (QED) is 0.279. The van der Waals surface area contributed by atoms with Gasteiger partial charge in [0, 0.05) is 23.0 Å². The second kappa shape index (κ2) is 5.53. The molecule has 98 valence electrons. The highest BCUT2D eigenvalue weighted by Gasteiger charge is 2.07. The van der Waals surface area contributed by atoms with Crippen LogP contribution < -0.4 is 22.5 Å². The molecule has 19 heavy (non-hydrogen) atoms. The Morgan fingerprint density at radius 2 is 1.37 bits per heavy atom. The van der Waals surface area contributed by atoms with Gasteiger partial charge in [0.25, 0.3) is 0 Å². The minimum atomic E-state index is -0.485. The first kappa shape index (κ1) is 13.1. The third-order valence-electron chi connectivity index (χ3n) is 2.73. The Kier molecular flexibility index (Phi) is 3.82. The van der Waals surface area contributed by atoms with E-state index < -0.39 is 5.17 Å². The zero-order chi connectivity index (χ0) is 13.8. The molecule has 2 aromatic rings. The van der Waals surface area contributed by atoms with E-state index in [2.05, 4.69) is 0 Å². The van der Waals surface area contributed by atoms with Crippen molar-refractivity contribution in [1.82, 2.24) is 0 Å². The minimum absolute atomic E-state index is 0.435. The van der Waals surface area contributed by atoms with Gasteiger partial charge in [-0.05, 0) is 42.0 Å². The molecule has 0 fully saturated rings. The maximum absolute atomic E-state index is 11.6. The Bertz CT molecular complexity index is 573. The standard InChI is InChI=1S/C14H16N4O/c15-12-5-1-10(2-6-12)9-14(18(17)19)11-3-7-13(16)8-4-11/h1-9,18H,15-17H2/b14-9-. The van der Waals surface area contributed by atoms with Crippen molar-refractivity contribution in [2.75, 3.05) is 11.5 Å². The van der Waals surface area contributed by atoms with Crippen LogP contribution in [0.25, 0.3) is 11.8 Å². The minimum Gasteiger partial charge on any atom is -0.608 e. The van der Waals surface area contributed by atoms with Crippen LogP contribution >= 0.6 is 0 Å². The molecule has 1 atom stereocenters. The van der Waals surface area contributed by atoms with Crippen molar-refractivity contribution in [1.29, 1.82) is 0 Å². The average Bonchev–Trinajstić information content (AvgIpc) is 2.39. The summed E-state index contributed by atoms with van der Waals surface area (Å²) in [5.74, 6) is 5.42. The van der Waals surface area contributed by atoms with Crippen molar-refractivity contribution in [2.24, 2.45) is 5.84 Å². The highest BCUT2D eigenvalue weighted by Crippen LogP contribution is 2.15. The van der Waals surface area contributed by atoms with Crippen molar-refractivity contribution >= 4 is 23.1 Å². The molecule has 0 aliphatic heterocycles. The zero-order valence-corrected chi connectivity index (χ0v) is 10.3. The monoisotopic (exact) mass is 256 g/mol. The van der Waals surface area contributed by atoms with Gasteiger partial charge in [0.05, 0.1) is 0 Å². The molecule has 0 bridgehead atoms. The fourth-order valence-electron chi connectivity index (χ4n) is 1.72. The molecule has 5 nitrogen and oxygen atoms in total. The van der Waals surface area contributed by atoms with Crippen LogP contribution in [-0.2, 0) is 0 Å². The number of quaternary nitrogens is 1. The second-order valence-electron chi connectivity index (χ2n) is 4.21. The largest absolute Gasteiger partial charge is 0.608 e. The van der Waals surface area contributed by atoms with E-state index >= 15 is 0 Å². The van der Waals surface area contributed by atoms with Gasteiger partial charge >= 0.3 is 0 Å². The van der Waals surface area contributed by atoms with Crippen molar-refractivity contribution in [3.63, 3.8) is 0 Å². The van der Waals surface area contributed by atoms with E-state index in [0.29, 0.717) is 17.1 Å². The lowest BCUT2D eigenvalue weighted by molar-refractivity contribution is -0.781. The summed E-state index contributed by atoms with van der Waals surface area (Å²) in [6, 6.07) is 14.2. The molecule has 0 aliphatic rings. The first-order valence-electron chi connectivity index (χ1n) is 5.79. The molecular formula is C14H16N4O. The molecule has 7 N–H and O–H groups in total. The molecule has 0 amide bonds. The fraction of sp³-hybridized carbons (Fsp3) is 0. The van der Waals surface area contributed by atoms with Crippen molar-refractivity contribution in [2.45, 2.75) is 0 Å². The van der Waals surface area contributed by atoms with Crippen LogP contribution in [0.4, 0.5) is 11.4 Å². The third-order valence-corrected chi connectivity index (χ3v) is 2.73. The van der Waals surface area contributed by atoms with E-state index in [4.69, 9.17) is 17.3 Å². The van der Waals surface area contributed by atoms with E-state index in [0.717, 1.165) is 11.1 Å². The normalized spacial score (nSPS) is 13.3. The molecule has 5 heteroatoms. The molecule has 0 saturated heterocycles. The Morgan fingerprint density at radius 1 is 0.895 bits per heavy atom. The number of hydrogen-bond donors (Lipinski definition) is 4. The molecule has 2 rings (SSSR count). The van der Waals surface area contributed by atoms with Gasteiger partial charge in [-0.25, -0.2) is 0 Å². The number of hydroxylamine groups is 1. The first-order chi connectivity index (χ1) is 9.06. The number of nitrogens with two attached hydrogens (primary N) is 3. The summed E-state index contributed by atoms with van der Waals surface area (Å²) < 4.78 is 0.